The lowest BCUT2D eigenvalue weighted by Gasteiger charge is -2.18. The highest BCUT2D eigenvalue weighted by Crippen LogP contribution is 2.40. The van der Waals surface area contributed by atoms with Crippen molar-refractivity contribution in [3.63, 3.8) is 0 Å². The number of thiophene rings is 1. The van der Waals surface area contributed by atoms with Crippen LogP contribution < -0.4 is 5.32 Å². The minimum Gasteiger partial charge on any atom is -0.462 e. The average molecular weight is 393 g/mol. The minimum absolute atomic E-state index is 0.134. The first kappa shape index (κ1) is 18.9. The zero-order valence-corrected chi connectivity index (χ0v) is 16.4. The van der Waals surface area contributed by atoms with Crippen LogP contribution in [0.2, 0.25) is 5.15 Å². The number of nitrogens with one attached hydrogen (secondary N) is 1. The maximum atomic E-state index is 12.6. The second-order valence-corrected chi connectivity index (χ2v) is 7.95. The monoisotopic (exact) mass is 392 g/mol. The summed E-state index contributed by atoms with van der Waals surface area (Å²) < 4.78 is 5.36. The predicted octanol–water partition coefficient (Wildman–Crippen LogP) is 4.74. The van der Waals surface area contributed by atoms with Gasteiger partial charge in [0, 0.05) is 11.1 Å². The summed E-state index contributed by atoms with van der Waals surface area (Å²) in [6.45, 7) is 4.51. The van der Waals surface area contributed by atoms with E-state index in [0.717, 1.165) is 36.1 Å². The SMILES string of the molecule is CCCOC(=O)c1c(NC(=O)c2cccnc2Cl)sc2c1CC[C@@H](C)C2. The van der Waals surface area contributed by atoms with Crippen molar-refractivity contribution in [1.82, 2.24) is 4.98 Å². The van der Waals surface area contributed by atoms with E-state index in [-0.39, 0.29) is 22.6 Å². The number of nitrogens with zero attached hydrogens (tertiary/aromatic N) is 1. The molecular weight excluding hydrogens is 372 g/mol. The highest BCUT2D eigenvalue weighted by Gasteiger charge is 2.29. The molecule has 138 valence electrons. The first-order valence-electron chi connectivity index (χ1n) is 8.74. The van der Waals surface area contributed by atoms with E-state index in [4.69, 9.17) is 16.3 Å². The van der Waals surface area contributed by atoms with Crippen molar-refractivity contribution in [3.05, 3.63) is 45.1 Å². The van der Waals surface area contributed by atoms with Gasteiger partial charge < -0.3 is 10.1 Å². The Bertz CT molecular complexity index is 834. The van der Waals surface area contributed by atoms with E-state index in [9.17, 15) is 9.59 Å². The summed E-state index contributed by atoms with van der Waals surface area (Å²) in [5, 5.41) is 3.52. The van der Waals surface area contributed by atoms with Crippen molar-refractivity contribution in [1.29, 1.82) is 0 Å². The van der Waals surface area contributed by atoms with E-state index in [1.54, 1.807) is 12.1 Å². The predicted molar refractivity (Wildman–Crippen MR) is 103 cm³/mol. The van der Waals surface area contributed by atoms with Crippen LogP contribution in [0.25, 0.3) is 0 Å². The summed E-state index contributed by atoms with van der Waals surface area (Å²) in [5.41, 5.74) is 1.79. The summed E-state index contributed by atoms with van der Waals surface area (Å²) >= 11 is 7.48. The van der Waals surface area contributed by atoms with Crippen LogP contribution in [0.4, 0.5) is 5.00 Å². The van der Waals surface area contributed by atoms with Gasteiger partial charge >= 0.3 is 5.97 Å². The van der Waals surface area contributed by atoms with Gasteiger partial charge in [-0.1, -0.05) is 25.4 Å². The Kier molecular flexibility index (Phi) is 5.94. The van der Waals surface area contributed by atoms with Crippen molar-refractivity contribution in [3.8, 4) is 0 Å². The maximum Gasteiger partial charge on any atom is 0.341 e. The lowest BCUT2D eigenvalue weighted by Crippen LogP contribution is -2.17. The molecule has 1 aliphatic carbocycles. The van der Waals surface area contributed by atoms with Crippen LogP contribution in [0.5, 0.6) is 0 Å². The van der Waals surface area contributed by atoms with Gasteiger partial charge in [-0.25, -0.2) is 9.78 Å². The molecular formula is C19H21ClN2O3S. The Morgan fingerprint density at radius 2 is 2.27 bits per heavy atom. The number of rotatable bonds is 5. The Morgan fingerprint density at radius 1 is 1.46 bits per heavy atom. The Morgan fingerprint density at radius 3 is 3.00 bits per heavy atom. The minimum atomic E-state index is -0.376. The number of carbonyl (C=O) groups is 2. The fourth-order valence-electron chi connectivity index (χ4n) is 3.05. The fourth-order valence-corrected chi connectivity index (χ4v) is 4.65. The third-order valence-corrected chi connectivity index (χ3v) is 5.85. The fraction of sp³-hybridized carbons (Fsp3) is 0.421. The number of anilines is 1. The second kappa shape index (κ2) is 8.18. The van der Waals surface area contributed by atoms with Gasteiger partial charge in [-0.15, -0.1) is 11.3 Å². The lowest BCUT2D eigenvalue weighted by atomic mass is 9.88. The van der Waals surface area contributed by atoms with Gasteiger partial charge in [0.05, 0.1) is 17.7 Å². The van der Waals surface area contributed by atoms with E-state index >= 15 is 0 Å². The van der Waals surface area contributed by atoms with Gasteiger partial charge in [-0.05, 0) is 49.3 Å². The number of aromatic nitrogens is 1. The van der Waals surface area contributed by atoms with E-state index in [1.807, 2.05) is 6.92 Å². The molecule has 2 aromatic rings. The van der Waals surface area contributed by atoms with Crippen LogP contribution in [-0.2, 0) is 17.6 Å². The molecule has 7 heteroatoms. The first-order chi connectivity index (χ1) is 12.5. The third-order valence-electron chi connectivity index (χ3n) is 4.38. The summed E-state index contributed by atoms with van der Waals surface area (Å²) in [6, 6.07) is 3.26. The molecule has 2 aromatic heterocycles. The molecule has 26 heavy (non-hydrogen) atoms. The number of fused-ring (bicyclic) bond motifs is 1. The number of hydrogen-bond acceptors (Lipinski definition) is 5. The number of halogens is 1. The number of amides is 1. The molecule has 0 aliphatic heterocycles. The van der Waals surface area contributed by atoms with Gasteiger partial charge in [0.15, 0.2) is 0 Å². The largest absolute Gasteiger partial charge is 0.462 e. The van der Waals surface area contributed by atoms with Crippen molar-refractivity contribution in [2.75, 3.05) is 11.9 Å². The van der Waals surface area contributed by atoms with Crippen molar-refractivity contribution >= 4 is 39.8 Å². The quantitative estimate of drug-likeness (QED) is 0.589. The zero-order chi connectivity index (χ0) is 18.7. The Labute approximate surface area is 161 Å². The smallest absolute Gasteiger partial charge is 0.341 e. The standard InChI is InChI=1S/C19H21ClN2O3S/c1-3-9-25-19(24)15-12-7-6-11(2)10-14(12)26-18(15)22-17(23)13-5-4-8-21-16(13)20/h4-5,8,11H,3,6-7,9-10H2,1-2H3,(H,22,23)/t11-/m1/s1. The van der Waals surface area contributed by atoms with E-state index in [2.05, 4.69) is 17.2 Å². The van der Waals surface area contributed by atoms with Crippen LogP contribution in [0.3, 0.4) is 0 Å². The second-order valence-electron chi connectivity index (χ2n) is 6.49. The van der Waals surface area contributed by atoms with Gasteiger partial charge in [0.25, 0.3) is 5.91 Å². The number of hydrogen-bond donors (Lipinski definition) is 1. The molecule has 5 nitrogen and oxygen atoms in total. The molecule has 0 bridgehead atoms. The average Bonchev–Trinajstić information content (AvgIpc) is 2.96. The number of carbonyl (C=O) groups excluding carboxylic acids is 2. The Balaban J connectivity index is 1.94. The van der Waals surface area contributed by atoms with Gasteiger partial charge in [-0.3, -0.25) is 4.79 Å². The van der Waals surface area contributed by atoms with E-state index < -0.39 is 0 Å². The summed E-state index contributed by atoms with van der Waals surface area (Å²) in [6.07, 6.45) is 5.05. The van der Waals surface area contributed by atoms with Crippen LogP contribution >= 0.6 is 22.9 Å². The maximum absolute atomic E-state index is 12.6. The van der Waals surface area contributed by atoms with Crippen LogP contribution in [-0.4, -0.2) is 23.5 Å². The highest BCUT2D eigenvalue weighted by molar-refractivity contribution is 7.17. The lowest BCUT2D eigenvalue weighted by molar-refractivity contribution is 0.0505. The van der Waals surface area contributed by atoms with Crippen LogP contribution in [0.15, 0.2) is 18.3 Å². The molecule has 1 N–H and O–H groups in total. The highest BCUT2D eigenvalue weighted by atomic mass is 35.5. The van der Waals surface area contributed by atoms with Gasteiger partial charge in [0.1, 0.15) is 10.2 Å². The van der Waals surface area contributed by atoms with Gasteiger partial charge in [-0.2, -0.15) is 0 Å². The number of esters is 1. The summed E-state index contributed by atoms with van der Waals surface area (Å²) in [5.74, 6) is -0.178. The van der Waals surface area contributed by atoms with Gasteiger partial charge in [0.2, 0.25) is 0 Å². The van der Waals surface area contributed by atoms with Crippen LogP contribution in [0, 0.1) is 5.92 Å². The molecule has 2 heterocycles. The molecule has 0 unspecified atom stereocenters. The molecule has 0 radical (unpaired) electrons. The Hall–Kier alpha value is -1.92. The first-order valence-corrected chi connectivity index (χ1v) is 9.94. The number of pyridine rings is 1. The third kappa shape index (κ3) is 3.91. The van der Waals surface area contributed by atoms with Crippen molar-refractivity contribution in [2.24, 2.45) is 5.92 Å². The summed E-state index contributed by atoms with van der Waals surface area (Å²) in [4.78, 5) is 30.3. The molecule has 0 spiro atoms. The topological polar surface area (TPSA) is 68.3 Å². The normalized spacial score (nSPS) is 16.0. The molecule has 0 fully saturated rings. The molecule has 1 atom stereocenters. The molecule has 1 aliphatic rings. The van der Waals surface area contributed by atoms with Crippen molar-refractivity contribution in [2.45, 2.75) is 39.5 Å². The molecule has 0 saturated carbocycles. The number of ether oxygens (including phenoxy) is 1. The summed E-state index contributed by atoms with van der Waals surface area (Å²) in [7, 11) is 0. The van der Waals surface area contributed by atoms with E-state index in [1.165, 1.54) is 17.5 Å². The van der Waals surface area contributed by atoms with Crippen LogP contribution in [0.1, 0.15) is 57.8 Å². The molecule has 0 aromatic carbocycles. The zero-order valence-electron chi connectivity index (χ0n) is 14.8. The molecule has 1 amide bonds. The molecule has 3 rings (SSSR count). The van der Waals surface area contributed by atoms with Crippen molar-refractivity contribution < 1.29 is 14.3 Å². The molecule has 0 saturated heterocycles. The van der Waals surface area contributed by atoms with E-state index in [0.29, 0.717) is 23.1 Å².